The monoisotopic (exact) mass is 504 g/mol. The molecule has 36 heavy (non-hydrogen) atoms. The number of aromatic hydroxyl groups is 1. The number of benzene rings is 3. The highest BCUT2D eigenvalue weighted by Crippen LogP contribution is 2.33. The molecule has 3 aromatic carbocycles. The van der Waals surface area contributed by atoms with Crippen LogP contribution in [0.1, 0.15) is 11.1 Å². The fourth-order valence-electron chi connectivity index (χ4n) is 4.84. The van der Waals surface area contributed by atoms with Crippen molar-refractivity contribution in [2.45, 2.75) is 13.1 Å². The highest BCUT2D eigenvalue weighted by atomic mass is 35.5. The molecule has 1 saturated heterocycles. The number of piperazine rings is 1. The van der Waals surface area contributed by atoms with Crippen LogP contribution in [0.15, 0.2) is 69.9 Å². The van der Waals surface area contributed by atoms with Gasteiger partial charge in [-0.3, -0.25) is 9.80 Å². The Balaban J connectivity index is 1.17. The first-order valence-corrected chi connectivity index (χ1v) is 12.3. The fourth-order valence-corrected chi connectivity index (χ4v) is 4.97. The van der Waals surface area contributed by atoms with Crippen molar-refractivity contribution in [3.05, 3.63) is 87.2 Å². The lowest BCUT2D eigenvalue weighted by Crippen LogP contribution is -2.45. The van der Waals surface area contributed by atoms with Crippen LogP contribution in [-0.2, 0) is 13.1 Å². The standard InChI is InChI=1S/C28H25ClN2O5/c29-21-5-2-19(3-6-21)22-14-20-4-7-24(32)23(27(20)36-28(22)33)16-31-11-9-30(10-12-31)15-18-1-8-25-26(13-18)35-17-34-25/h1-8,13-14,32H,9-12,15-17H2. The Labute approximate surface area is 213 Å². The number of ether oxygens (including phenoxy) is 2. The van der Waals surface area contributed by atoms with Gasteiger partial charge in [-0.05, 0) is 53.6 Å². The molecule has 2 aliphatic rings. The van der Waals surface area contributed by atoms with Crippen LogP contribution < -0.4 is 15.1 Å². The summed E-state index contributed by atoms with van der Waals surface area (Å²) in [5.74, 6) is 1.73. The third-order valence-corrected chi connectivity index (χ3v) is 7.08. The van der Waals surface area contributed by atoms with Crippen molar-refractivity contribution >= 4 is 22.6 Å². The summed E-state index contributed by atoms with van der Waals surface area (Å²) in [5, 5.41) is 12.0. The highest BCUT2D eigenvalue weighted by molar-refractivity contribution is 6.30. The first-order chi connectivity index (χ1) is 17.5. The molecule has 0 bridgehead atoms. The largest absolute Gasteiger partial charge is 0.507 e. The van der Waals surface area contributed by atoms with Crippen molar-refractivity contribution < 1.29 is 19.0 Å². The van der Waals surface area contributed by atoms with Crippen LogP contribution in [0.2, 0.25) is 5.02 Å². The van der Waals surface area contributed by atoms with Gasteiger partial charge in [-0.25, -0.2) is 4.79 Å². The van der Waals surface area contributed by atoms with E-state index in [9.17, 15) is 9.90 Å². The highest BCUT2D eigenvalue weighted by Gasteiger charge is 2.22. The molecule has 1 fully saturated rings. The quantitative estimate of drug-likeness (QED) is 0.389. The minimum Gasteiger partial charge on any atom is -0.507 e. The summed E-state index contributed by atoms with van der Waals surface area (Å²) in [6.45, 7) is 5.09. The number of nitrogens with zero attached hydrogens (tertiary/aromatic N) is 2. The summed E-state index contributed by atoms with van der Waals surface area (Å²) >= 11 is 5.99. The Kier molecular flexibility index (Phi) is 6.05. The van der Waals surface area contributed by atoms with Crippen molar-refractivity contribution in [2.75, 3.05) is 33.0 Å². The SMILES string of the molecule is O=c1oc2c(CN3CCN(Cc4ccc5c(c4)OCO5)CC3)c(O)ccc2cc1-c1ccc(Cl)cc1. The molecule has 0 radical (unpaired) electrons. The summed E-state index contributed by atoms with van der Waals surface area (Å²) in [7, 11) is 0. The van der Waals surface area contributed by atoms with Crippen LogP contribution in [0.3, 0.4) is 0 Å². The zero-order valence-electron chi connectivity index (χ0n) is 19.6. The molecule has 0 atom stereocenters. The summed E-state index contributed by atoms with van der Waals surface area (Å²) < 4.78 is 16.7. The van der Waals surface area contributed by atoms with Gasteiger partial charge >= 0.3 is 5.63 Å². The molecule has 4 aromatic rings. The zero-order valence-corrected chi connectivity index (χ0v) is 20.3. The number of fused-ring (bicyclic) bond motifs is 2. The Bertz CT molecular complexity index is 1480. The van der Waals surface area contributed by atoms with Crippen LogP contribution in [0, 0.1) is 0 Å². The van der Waals surface area contributed by atoms with Crippen LogP contribution in [0.25, 0.3) is 22.1 Å². The van der Waals surface area contributed by atoms with Gasteiger partial charge < -0.3 is 19.0 Å². The predicted octanol–water partition coefficient (Wildman–Crippen LogP) is 4.87. The number of rotatable bonds is 5. The van der Waals surface area contributed by atoms with E-state index in [0.29, 0.717) is 28.3 Å². The molecule has 0 spiro atoms. The molecule has 0 amide bonds. The number of hydrogen-bond acceptors (Lipinski definition) is 7. The van der Waals surface area contributed by atoms with E-state index in [4.69, 9.17) is 25.5 Å². The van der Waals surface area contributed by atoms with Gasteiger partial charge in [0.2, 0.25) is 6.79 Å². The number of phenolic OH excluding ortho intramolecular Hbond substituents is 1. The second-order valence-electron chi connectivity index (χ2n) is 9.18. The maximum atomic E-state index is 12.8. The molecule has 2 aliphatic heterocycles. The number of phenols is 1. The molecule has 3 heterocycles. The lowest BCUT2D eigenvalue weighted by molar-refractivity contribution is 0.121. The minimum atomic E-state index is -0.440. The van der Waals surface area contributed by atoms with Crippen molar-refractivity contribution in [1.82, 2.24) is 9.80 Å². The molecule has 1 aromatic heterocycles. The second kappa shape index (κ2) is 9.50. The Morgan fingerprint density at radius 3 is 2.33 bits per heavy atom. The fraction of sp³-hybridized carbons (Fsp3) is 0.250. The minimum absolute atomic E-state index is 0.132. The molecule has 184 valence electrons. The van der Waals surface area contributed by atoms with Crippen LogP contribution in [-0.4, -0.2) is 47.9 Å². The van der Waals surface area contributed by atoms with Gasteiger partial charge in [0.1, 0.15) is 11.3 Å². The van der Waals surface area contributed by atoms with Crippen molar-refractivity contribution in [3.63, 3.8) is 0 Å². The summed E-state index contributed by atoms with van der Waals surface area (Å²) in [4.78, 5) is 17.5. The van der Waals surface area contributed by atoms with Gasteiger partial charge in [0.25, 0.3) is 0 Å². The normalized spacial score (nSPS) is 16.0. The summed E-state index contributed by atoms with van der Waals surface area (Å²) in [6, 6.07) is 18.4. The lowest BCUT2D eigenvalue weighted by Gasteiger charge is -2.34. The topological polar surface area (TPSA) is 75.4 Å². The average molecular weight is 505 g/mol. The molecule has 0 saturated carbocycles. The van der Waals surface area contributed by atoms with E-state index in [2.05, 4.69) is 15.9 Å². The van der Waals surface area contributed by atoms with E-state index >= 15 is 0 Å². The van der Waals surface area contributed by atoms with Gasteiger partial charge in [-0.15, -0.1) is 0 Å². The van der Waals surface area contributed by atoms with E-state index in [0.717, 1.165) is 55.2 Å². The van der Waals surface area contributed by atoms with E-state index in [1.54, 1.807) is 36.4 Å². The maximum absolute atomic E-state index is 12.8. The first-order valence-electron chi connectivity index (χ1n) is 11.9. The van der Waals surface area contributed by atoms with E-state index < -0.39 is 5.63 Å². The van der Waals surface area contributed by atoms with E-state index in [1.807, 2.05) is 18.2 Å². The van der Waals surface area contributed by atoms with E-state index in [-0.39, 0.29) is 12.5 Å². The lowest BCUT2D eigenvalue weighted by atomic mass is 10.0. The summed E-state index contributed by atoms with van der Waals surface area (Å²) in [6.07, 6.45) is 0. The predicted molar refractivity (Wildman–Crippen MR) is 138 cm³/mol. The molecular weight excluding hydrogens is 480 g/mol. The smallest absolute Gasteiger partial charge is 0.344 e. The maximum Gasteiger partial charge on any atom is 0.344 e. The number of halogens is 1. The molecule has 8 heteroatoms. The van der Waals surface area contributed by atoms with Crippen LogP contribution in [0.4, 0.5) is 0 Å². The van der Waals surface area contributed by atoms with Gasteiger partial charge in [-0.1, -0.05) is 29.8 Å². The zero-order chi connectivity index (χ0) is 24.6. The van der Waals surface area contributed by atoms with Gasteiger partial charge in [0.05, 0.1) is 11.1 Å². The van der Waals surface area contributed by atoms with Crippen molar-refractivity contribution in [1.29, 1.82) is 0 Å². The third-order valence-electron chi connectivity index (χ3n) is 6.83. The van der Waals surface area contributed by atoms with E-state index in [1.165, 1.54) is 5.56 Å². The van der Waals surface area contributed by atoms with Gasteiger partial charge in [0.15, 0.2) is 11.5 Å². The van der Waals surface area contributed by atoms with Gasteiger partial charge in [-0.2, -0.15) is 0 Å². The number of hydrogen-bond donors (Lipinski definition) is 1. The van der Waals surface area contributed by atoms with Crippen molar-refractivity contribution in [2.24, 2.45) is 0 Å². The summed E-state index contributed by atoms with van der Waals surface area (Å²) in [5.41, 5.74) is 3.02. The van der Waals surface area contributed by atoms with Crippen molar-refractivity contribution in [3.8, 4) is 28.4 Å². The molecule has 7 nitrogen and oxygen atoms in total. The Morgan fingerprint density at radius 1 is 0.833 bits per heavy atom. The Morgan fingerprint density at radius 2 is 1.56 bits per heavy atom. The van der Waals surface area contributed by atoms with Crippen LogP contribution in [0.5, 0.6) is 17.2 Å². The third kappa shape index (κ3) is 4.53. The average Bonchev–Trinajstić information content (AvgIpc) is 3.35. The van der Waals surface area contributed by atoms with Gasteiger partial charge in [0, 0.05) is 49.7 Å². The van der Waals surface area contributed by atoms with Crippen LogP contribution >= 0.6 is 11.6 Å². The molecule has 1 N–H and O–H groups in total. The Hall–Kier alpha value is -3.52. The molecular formula is C28H25ClN2O5. The molecule has 6 rings (SSSR count). The first kappa shape index (κ1) is 22.9. The molecule has 0 unspecified atom stereocenters. The molecule has 0 aliphatic carbocycles. The second-order valence-corrected chi connectivity index (χ2v) is 9.61.